The molecular formula is C13H21N5. The van der Waals surface area contributed by atoms with Gasteiger partial charge in [0, 0.05) is 19.8 Å². The lowest BCUT2D eigenvalue weighted by molar-refractivity contribution is 0.575. The molecule has 0 amide bonds. The van der Waals surface area contributed by atoms with Crippen LogP contribution in [0.3, 0.4) is 0 Å². The fraction of sp³-hybridized carbons (Fsp3) is 0.538. The number of hydrogen-bond acceptors (Lipinski definition) is 3. The number of nitrogens with one attached hydrogen (secondary N) is 1. The lowest BCUT2D eigenvalue weighted by Crippen LogP contribution is -2.09. The molecule has 18 heavy (non-hydrogen) atoms. The van der Waals surface area contributed by atoms with Crippen molar-refractivity contribution < 1.29 is 0 Å². The predicted octanol–water partition coefficient (Wildman–Crippen LogP) is 2.26. The van der Waals surface area contributed by atoms with Crippen molar-refractivity contribution in [3.8, 4) is 0 Å². The zero-order chi connectivity index (χ0) is 13.1. The van der Waals surface area contributed by atoms with E-state index in [2.05, 4.69) is 33.2 Å². The summed E-state index contributed by atoms with van der Waals surface area (Å²) >= 11 is 0. The average Bonchev–Trinajstić information content (AvgIpc) is 2.80. The molecule has 1 N–H and O–H groups in total. The van der Waals surface area contributed by atoms with Crippen molar-refractivity contribution in [1.82, 2.24) is 19.6 Å². The first-order chi connectivity index (χ1) is 8.60. The van der Waals surface area contributed by atoms with Gasteiger partial charge in [0.15, 0.2) is 0 Å². The maximum Gasteiger partial charge on any atom is 0.0825 e. The molecule has 2 aromatic heterocycles. The van der Waals surface area contributed by atoms with E-state index in [1.807, 2.05) is 31.8 Å². The third-order valence-electron chi connectivity index (χ3n) is 2.89. The minimum Gasteiger partial charge on any atom is -0.377 e. The van der Waals surface area contributed by atoms with Gasteiger partial charge in [0.25, 0.3) is 0 Å². The van der Waals surface area contributed by atoms with Crippen LogP contribution >= 0.6 is 0 Å². The standard InChI is InChI=1S/C13H21N5/c1-5-6-18-12(7-10(2)15-18)8-14-13-9-17(4)16-11(13)3/h7,9,14H,5-6,8H2,1-4H3. The fourth-order valence-corrected chi connectivity index (χ4v) is 2.11. The summed E-state index contributed by atoms with van der Waals surface area (Å²) in [6.07, 6.45) is 3.10. The van der Waals surface area contributed by atoms with Crippen LogP contribution in [0.2, 0.25) is 0 Å². The Balaban J connectivity index is 2.07. The number of aryl methyl sites for hydroxylation is 4. The topological polar surface area (TPSA) is 47.7 Å². The van der Waals surface area contributed by atoms with Gasteiger partial charge in [-0.25, -0.2) is 0 Å². The molecule has 98 valence electrons. The molecule has 2 rings (SSSR count). The third kappa shape index (κ3) is 2.72. The van der Waals surface area contributed by atoms with Crippen LogP contribution in [0.25, 0.3) is 0 Å². The molecule has 5 heteroatoms. The van der Waals surface area contributed by atoms with Crippen LogP contribution in [0.1, 0.15) is 30.4 Å². The van der Waals surface area contributed by atoms with Crippen molar-refractivity contribution in [3.05, 3.63) is 29.3 Å². The molecule has 0 aliphatic carbocycles. The number of hydrogen-bond donors (Lipinski definition) is 1. The van der Waals surface area contributed by atoms with Gasteiger partial charge in [0.05, 0.1) is 29.3 Å². The van der Waals surface area contributed by atoms with Gasteiger partial charge in [-0.15, -0.1) is 0 Å². The Labute approximate surface area is 108 Å². The van der Waals surface area contributed by atoms with Gasteiger partial charge in [-0.05, 0) is 26.3 Å². The highest BCUT2D eigenvalue weighted by atomic mass is 15.3. The first-order valence-electron chi connectivity index (χ1n) is 6.37. The van der Waals surface area contributed by atoms with Crippen molar-refractivity contribution >= 4 is 5.69 Å². The Kier molecular flexibility index (Phi) is 3.69. The molecule has 0 fully saturated rings. The molecule has 0 saturated heterocycles. The molecule has 0 atom stereocenters. The highest BCUT2D eigenvalue weighted by molar-refractivity contribution is 5.45. The predicted molar refractivity (Wildman–Crippen MR) is 72.5 cm³/mol. The number of rotatable bonds is 5. The van der Waals surface area contributed by atoms with Gasteiger partial charge in [-0.3, -0.25) is 9.36 Å². The van der Waals surface area contributed by atoms with E-state index < -0.39 is 0 Å². The molecule has 0 aliphatic heterocycles. The summed E-state index contributed by atoms with van der Waals surface area (Å²) < 4.78 is 3.90. The summed E-state index contributed by atoms with van der Waals surface area (Å²) in [5.74, 6) is 0. The molecule has 0 unspecified atom stereocenters. The molecule has 0 radical (unpaired) electrons. The minimum atomic E-state index is 0.785. The van der Waals surface area contributed by atoms with E-state index in [4.69, 9.17) is 0 Å². The van der Waals surface area contributed by atoms with Crippen molar-refractivity contribution in [3.63, 3.8) is 0 Å². The number of anilines is 1. The van der Waals surface area contributed by atoms with Crippen LogP contribution in [0.15, 0.2) is 12.3 Å². The van der Waals surface area contributed by atoms with Crippen LogP contribution in [0, 0.1) is 13.8 Å². The van der Waals surface area contributed by atoms with Gasteiger partial charge >= 0.3 is 0 Å². The van der Waals surface area contributed by atoms with Crippen LogP contribution in [0.5, 0.6) is 0 Å². The fourth-order valence-electron chi connectivity index (χ4n) is 2.11. The Morgan fingerprint density at radius 1 is 1.28 bits per heavy atom. The molecule has 2 heterocycles. The van der Waals surface area contributed by atoms with Gasteiger partial charge in [0.1, 0.15) is 0 Å². The summed E-state index contributed by atoms with van der Waals surface area (Å²) in [7, 11) is 1.93. The van der Waals surface area contributed by atoms with E-state index in [-0.39, 0.29) is 0 Å². The minimum absolute atomic E-state index is 0.785. The van der Waals surface area contributed by atoms with Gasteiger partial charge in [-0.2, -0.15) is 10.2 Å². The summed E-state index contributed by atoms with van der Waals surface area (Å²) in [6, 6.07) is 2.13. The van der Waals surface area contributed by atoms with Gasteiger partial charge in [0.2, 0.25) is 0 Å². The highest BCUT2D eigenvalue weighted by Crippen LogP contribution is 2.14. The molecule has 0 bridgehead atoms. The summed E-state index contributed by atoms with van der Waals surface area (Å²) in [5, 5.41) is 12.2. The van der Waals surface area contributed by atoms with Crippen LogP contribution in [-0.2, 0) is 20.1 Å². The molecular weight excluding hydrogens is 226 g/mol. The van der Waals surface area contributed by atoms with Gasteiger partial charge in [-0.1, -0.05) is 6.92 Å². The Morgan fingerprint density at radius 2 is 2.06 bits per heavy atom. The van der Waals surface area contributed by atoms with Gasteiger partial charge < -0.3 is 5.32 Å². The van der Waals surface area contributed by atoms with Crippen molar-refractivity contribution in [2.24, 2.45) is 7.05 Å². The normalized spacial score (nSPS) is 10.9. The molecule has 0 aliphatic rings. The van der Waals surface area contributed by atoms with Crippen LogP contribution in [0.4, 0.5) is 5.69 Å². The second-order valence-corrected chi connectivity index (χ2v) is 4.66. The van der Waals surface area contributed by atoms with Crippen molar-refractivity contribution in [2.45, 2.75) is 40.3 Å². The SMILES string of the molecule is CCCn1nc(C)cc1CNc1cn(C)nc1C. The van der Waals surface area contributed by atoms with Crippen LogP contribution < -0.4 is 5.32 Å². The first kappa shape index (κ1) is 12.7. The quantitative estimate of drug-likeness (QED) is 0.881. The number of nitrogens with zero attached hydrogens (tertiary/aromatic N) is 4. The second-order valence-electron chi connectivity index (χ2n) is 4.66. The summed E-state index contributed by atoms with van der Waals surface area (Å²) in [6.45, 7) is 7.96. The molecule has 0 spiro atoms. The maximum absolute atomic E-state index is 4.50. The van der Waals surface area contributed by atoms with E-state index in [0.717, 1.165) is 36.6 Å². The lowest BCUT2D eigenvalue weighted by Gasteiger charge is -2.07. The highest BCUT2D eigenvalue weighted by Gasteiger charge is 2.07. The Hall–Kier alpha value is -1.78. The molecule has 0 aromatic carbocycles. The first-order valence-corrected chi connectivity index (χ1v) is 6.37. The summed E-state index contributed by atoms with van der Waals surface area (Å²) in [5.41, 5.74) is 4.40. The average molecular weight is 247 g/mol. The lowest BCUT2D eigenvalue weighted by atomic mass is 10.3. The third-order valence-corrected chi connectivity index (χ3v) is 2.89. The van der Waals surface area contributed by atoms with Crippen LogP contribution in [-0.4, -0.2) is 19.6 Å². The Morgan fingerprint density at radius 3 is 2.67 bits per heavy atom. The van der Waals surface area contributed by atoms with Crippen molar-refractivity contribution in [1.29, 1.82) is 0 Å². The number of aromatic nitrogens is 4. The monoisotopic (exact) mass is 247 g/mol. The molecule has 0 saturated carbocycles. The van der Waals surface area contributed by atoms with E-state index in [1.54, 1.807) is 0 Å². The van der Waals surface area contributed by atoms with E-state index in [1.165, 1.54) is 5.69 Å². The van der Waals surface area contributed by atoms with E-state index in [9.17, 15) is 0 Å². The summed E-state index contributed by atoms with van der Waals surface area (Å²) in [4.78, 5) is 0. The smallest absolute Gasteiger partial charge is 0.0825 e. The molecule has 2 aromatic rings. The van der Waals surface area contributed by atoms with E-state index in [0.29, 0.717) is 0 Å². The maximum atomic E-state index is 4.50. The zero-order valence-corrected chi connectivity index (χ0v) is 11.6. The Bertz CT molecular complexity index is 523. The molecule has 5 nitrogen and oxygen atoms in total. The zero-order valence-electron chi connectivity index (χ0n) is 11.6. The largest absolute Gasteiger partial charge is 0.377 e. The van der Waals surface area contributed by atoms with E-state index >= 15 is 0 Å². The van der Waals surface area contributed by atoms with Crippen molar-refractivity contribution in [2.75, 3.05) is 5.32 Å². The second kappa shape index (κ2) is 5.25.